The molecule has 30 nitrogen and oxygen atoms in total. The van der Waals surface area contributed by atoms with Crippen molar-refractivity contribution in [1.82, 2.24) is 89.0 Å². The zero-order chi connectivity index (χ0) is 77.7. The van der Waals surface area contributed by atoms with Crippen LogP contribution in [0.2, 0.25) is 15.1 Å². The molecule has 5 atom stereocenters. The molecule has 0 amide bonds. The summed E-state index contributed by atoms with van der Waals surface area (Å²) >= 11 is 19.1. The molecule has 33 heteroatoms. The number of hydrogen-bond acceptors (Lipinski definition) is 24. The molecule has 12 aromatic rings. The van der Waals surface area contributed by atoms with Gasteiger partial charge in [-0.25, -0.2) is 44.3 Å². The van der Waals surface area contributed by atoms with Crippen LogP contribution in [-0.2, 0) is 33.8 Å². The number of nitrogens with one attached hydrogen (secondary N) is 3. The Morgan fingerprint density at radius 2 is 0.841 bits per heavy atom. The molecule has 5 unspecified atom stereocenters. The van der Waals surface area contributed by atoms with Crippen molar-refractivity contribution in [2.75, 3.05) is 60.8 Å². The van der Waals surface area contributed by atoms with Crippen molar-refractivity contribution in [3.63, 3.8) is 0 Å². The fraction of sp³-hybridized carbons (Fsp3) is 0.512. The molecule has 12 aromatic heterocycles. The molecule has 7 fully saturated rings. The third-order valence-corrected chi connectivity index (χ3v) is 24.3. The summed E-state index contributed by atoms with van der Waals surface area (Å²) in [5.74, 6) is 5.65. The lowest BCUT2D eigenvalue weighted by atomic mass is 9.83. The monoisotopic (exact) mass is 1600 g/mol. The Labute approximate surface area is 665 Å². The zero-order valence-corrected chi connectivity index (χ0v) is 66.4. The molecule has 0 bridgehead atoms. The Balaban J connectivity index is 0.000000123. The first-order valence-electron chi connectivity index (χ1n) is 39.7. The van der Waals surface area contributed by atoms with Crippen LogP contribution >= 0.6 is 34.8 Å². The van der Waals surface area contributed by atoms with Gasteiger partial charge in [0, 0.05) is 93.1 Å². The Bertz CT molecular complexity index is 5380. The second-order valence-corrected chi connectivity index (χ2v) is 33.3. The van der Waals surface area contributed by atoms with Gasteiger partial charge in [-0.3, -0.25) is 43.5 Å². The number of hydrogen-bond donors (Lipinski definition) is 3. The van der Waals surface area contributed by atoms with Crippen molar-refractivity contribution in [2.24, 2.45) is 35.5 Å². The van der Waals surface area contributed by atoms with Crippen LogP contribution in [0.1, 0.15) is 131 Å². The summed E-state index contributed by atoms with van der Waals surface area (Å²) in [6.45, 7) is 21.1. The van der Waals surface area contributed by atoms with Gasteiger partial charge in [-0.05, 0) is 137 Å². The lowest BCUT2D eigenvalue weighted by Crippen LogP contribution is -2.48. The summed E-state index contributed by atoms with van der Waals surface area (Å²) in [4.78, 5) is 93.6. The number of fused-ring (bicyclic) bond motifs is 4. The van der Waals surface area contributed by atoms with E-state index in [1.165, 1.54) is 77.0 Å². The Morgan fingerprint density at radius 3 is 1.22 bits per heavy atom. The van der Waals surface area contributed by atoms with Crippen LogP contribution < -0.4 is 32.0 Å². The van der Waals surface area contributed by atoms with Gasteiger partial charge in [-0.1, -0.05) is 116 Å². The molecule has 592 valence electrons. The molecule has 3 aliphatic heterocycles. The molecule has 3 N–H and O–H groups in total. The van der Waals surface area contributed by atoms with E-state index < -0.39 is 17.3 Å². The van der Waals surface area contributed by atoms with Crippen LogP contribution in [0, 0.1) is 35.5 Å². The molecule has 15 heterocycles. The number of nitrogens with zero attached hydrogens (tertiary/aromatic N) is 18. The second kappa shape index (κ2) is 32.6. The largest absolute Gasteiger partial charge is 0.439 e. The summed E-state index contributed by atoms with van der Waals surface area (Å²) < 4.78 is 39.0. The van der Waals surface area contributed by atoms with E-state index in [1.54, 1.807) is 37.2 Å². The van der Waals surface area contributed by atoms with E-state index in [9.17, 15) is 14.4 Å². The van der Waals surface area contributed by atoms with Gasteiger partial charge < -0.3 is 42.6 Å². The molecule has 0 radical (unpaired) electrons. The Hall–Kier alpha value is -9.72. The first-order chi connectivity index (χ1) is 54.9. The van der Waals surface area contributed by atoms with Crippen molar-refractivity contribution in [3.05, 3.63) is 120 Å². The summed E-state index contributed by atoms with van der Waals surface area (Å²) in [6.07, 6.45) is 27.1. The van der Waals surface area contributed by atoms with Crippen LogP contribution in [0.5, 0.6) is 0 Å². The van der Waals surface area contributed by atoms with Gasteiger partial charge in [-0.15, -0.1) is 0 Å². The van der Waals surface area contributed by atoms with Gasteiger partial charge >= 0.3 is 17.3 Å². The molecule has 4 aliphatic carbocycles. The standard InChI is InChI=1S/2C27H32ClN7O3.C26H28ClN7O3/c1-15-4-6-18(7-5-15)13-35-24-21(31-26(35)34-12-17(3)37-14-16(34)2)9-22(25-32-27(36)38-33-25)30-23(24)19-8-20(28)11-29-10-19;1-3-20-15-37-9-8-34(20)26-31-21-11-22(25-32-27(36)38-33-25)30-23(18-10-19(28)13-29-12-18)24(21)35(26)14-17-6-4-16(2)5-7-17;1-14-2-4-15(5-3-14)13-34-23-18(30-25(34)33-6-7-36-21-10-20(21)33)9-19(24-31-26(35)37-32-24)29-22(23)16-8-17(27)12-28-11-16/h8-11,15-18H,4-7,12-14H2,1-3H3,(H,32,33,36);10-13,16-17,20H,3-9,14-15H2,1-2H3,(H,32,33,36);8-9,11-12,14-15,20-21H,2-7,10,13H2,1H3,(H,31,32,35). The predicted octanol–water partition coefficient (Wildman–Crippen LogP) is 14.2. The average molecular weight is 1600 g/mol. The van der Waals surface area contributed by atoms with Crippen molar-refractivity contribution in [3.8, 4) is 68.3 Å². The van der Waals surface area contributed by atoms with Crippen LogP contribution in [0.4, 0.5) is 17.8 Å². The summed E-state index contributed by atoms with van der Waals surface area (Å²) in [5, 5.41) is 13.2. The van der Waals surface area contributed by atoms with Gasteiger partial charge in [-0.2, -0.15) is 0 Å². The van der Waals surface area contributed by atoms with E-state index in [2.05, 4.69) is 115 Å². The van der Waals surface area contributed by atoms with E-state index in [0.717, 1.165) is 137 Å². The highest BCUT2D eigenvalue weighted by Crippen LogP contribution is 2.45. The van der Waals surface area contributed by atoms with Gasteiger partial charge in [0.2, 0.25) is 35.3 Å². The van der Waals surface area contributed by atoms with E-state index in [0.29, 0.717) is 99.5 Å². The highest BCUT2D eigenvalue weighted by atomic mass is 35.5. The third-order valence-electron chi connectivity index (χ3n) is 23.7. The lowest BCUT2D eigenvalue weighted by molar-refractivity contribution is 0.0333. The summed E-state index contributed by atoms with van der Waals surface area (Å²) in [7, 11) is 0. The normalized spacial score (nSPS) is 24.0. The fourth-order valence-corrected chi connectivity index (χ4v) is 17.9. The highest BCUT2D eigenvalue weighted by Gasteiger charge is 2.48. The van der Waals surface area contributed by atoms with Crippen molar-refractivity contribution >= 4 is 85.7 Å². The number of pyridine rings is 6. The van der Waals surface area contributed by atoms with Gasteiger partial charge in [0.05, 0.1) is 122 Å². The first-order valence-corrected chi connectivity index (χ1v) is 40.9. The number of rotatable bonds is 16. The zero-order valence-electron chi connectivity index (χ0n) is 64.1. The number of H-pyrrole nitrogens is 3. The molecular formula is C80H92Cl3N21O9. The molecule has 19 rings (SSSR count). The molecule has 7 aliphatic rings. The molecular weight excluding hydrogens is 1510 g/mol. The van der Waals surface area contributed by atoms with Crippen molar-refractivity contribution in [2.45, 2.75) is 181 Å². The fourth-order valence-electron chi connectivity index (χ4n) is 17.4. The van der Waals surface area contributed by atoms with E-state index in [-0.39, 0.29) is 41.8 Å². The van der Waals surface area contributed by atoms with E-state index in [4.69, 9.17) is 92.5 Å². The predicted molar refractivity (Wildman–Crippen MR) is 429 cm³/mol. The molecule has 3 saturated heterocycles. The number of aromatic amines is 3. The first kappa shape index (κ1) is 75.9. The highest BCUT2D eigenvalue weighted by molar-refractivity contribution is 6.31. The van der Waals surface area contributed by atoms with Crippen LogP contribution in [0.25, 0.3) is 101 Å². The average Bonchev–Trinajstić information content (AvgIpc) is 1.60. The maximum absolute atomic E-state index is 11.7. The van der Waals surface area contributed by atoms with Gasteiger partial charge in [0.25, 0.3) is 0 Å². The SMILES string of the molecule is CC1CCC(Cn2c(N3CC(C)OCC3C)nc3cc(-c4noc(=O)[nH]4)nc(-c4cncc(Cl)c4)c32)CC1.CC1CCC(Cn2c(N3CCOC4CC43)nc3cc(-c4noc(=O)[nH]4)nc(-c4cncc(Cl)c4)c32)CC1.CCC1COCCN1c1nc2cc(-c3noc(=O)[nH]3)nc(-c3cncc(Cl)c3)c2n1CC1CCC(C)CC1. The number of aromatic nitrogens is 18. The lowest BCUT2D eigenvalue weighted by Gasteiger charge is -2.38. The third kappa shape index (κ3) is 16.3. The maximum Gasteiger partial charge on any atom is 0.439 e. The summed E-state index contributed by atoms with van der Waals surface area (Å²) in [6, 6.07) is 11.9. The Morgan fingerprint density at radius 1 is 0.451 bits per heavy atom. The number of halogens is 3. The van der Waals surface area contributed by atoms with Crippen molar-refractivity contribution < 1.29 is 27.8 Å². The van der Waals surface area contributed by atoms with Gasteiger partial charge in [0.15, 0.2) is 0 Å². The quantitative estimate of drug-likeness (QED) is 0.0809. The van der Waals surface area contributed by atoms with E-state index >= 15 is 0 Å². The molecule has 4 saturated carbocycles. The van der Waals surface area contributed by atoms with E-state index in [1.807, 2.05) is 36.4 Å². The van der Waals surface area contributed by atoms with Gasteiger partial charge in [0.1, 0.15) is 17.1 Å². The number of imidazole rings is 3. The van der Waals surface area contributed by atoms with Crippen LogP contribution in [0.3, 0.4) is 0 Å². The number of morpholine rings is 3. The minimum absolute atomic E-state index is 0.0977. The molecule has 0 aromatic carbocycles. The molecule has 0 spiro atoms. The minimum atomic E-state index is -0.637. The minimum Gasteiger partial charge on any atom is -0.377 e. The smallest absolute Gasteiger partial charge is 0.377 e. The van der Waals surface area contributed by atoms with Crippen LogP contribution in [0.15, 0.2) is 102 Å². The van der Waals surface area contributed by atoms with Crippen molar-refractivity contribution in [1.29, 1.82) is 0 Å². The maximum atomic E-state index is 11.7. The second-order valence-electron chi connectivity index (χ2n) is 32.0. The number of ether oxygens (including phenoxy) is 3. The summed E-state index contributed by atoms with van der Waals surface area (Å²) in [5.41, 5.74) is 10.9. The Kier molecular flexibility index (Phi) is 21.9. The number of anilines is 3. The molecule has 113 heavy (non-hydrogen) atoms. The topological polar surface area (TPSA) is 345 Å². The van der Waals surface area contributed by atoms with Crippen LogP contribution in [-0.4, -0.2) is 165 Å².